The van der Waals surface area contributed by atoms with Crippen molar-refractivity contribution in [2.75, 3.05) is 19.7 Å². The average molecular weight is 340 g/mol. The molecule has 6 heteroatoms. The lowest BCUT2D eigenvalue weighted by molar-refractivity contribution is 0.106. The highest BCUT2D eigenvalue weighted by atomic mass is 79.9. The first-order chi connectivity index (χ1) is 9.74. The summed E-state index contributed by atoms with van der Waals surface area (Å²) >= 11 is 3.38. The Morgan fingerprint density at radius 3 is 3.05 bits per heavy atom. The third-order valence-electron chi connectivity index (χ3n) is 2.70. The Kier molecular flexibility index (Phi) is 6.04. The lowest BCUT2D eigenvalue weighted by atomic mass is 10.3. The van der Waals surface area contributed by atoms with E-state index >= 15 is 0 Å². The number of nitrogens with zero attached hydrogens (tertiary/aromatic N) is 2. The number of hydrogen-bond donors (Lipinski definition) is 2. The number of halogens is 1. The summed E-state index contributed by atoms with van der Waals surface area (Å²) in [6, 6.07) is 9.45. The fourth-order valence-electron chi connectivity index (χ4n) is 1.70. The van der Waals surface area contributed by atoms with E-state index in [-0.39, 0.29) is 6.61 Å². The third-order valence-corrected chi connectivity index (χ3v) is 3.19. The summed E-state index contributed by atoms with van der Waals surface area (Å²) in [6.07, 6.45) is 3.13. The van der Waals surface area contributed by atoms with Crippen LogP contribution in [0.4, 0.5) is 0 Å². The molecule has 1 unspecified atom stereocenters. The Morgan fingerprint density at radius 2 is 2.30 bits per heavy atom. The van der Waals surface area contributed by atoms with Gasteiger partial charge in [-0.2, -0.15) is 5.10 Å². The second kappa shape index (κ2) is 8.04. The number of rotatable bonds is 8. The number of hydrogen-bond acceptors (Lipinski definition) is 4. The van der Waals surface area contributed by atoms with E-state index in [9.17, 15) is 5.11 Å². The molecule has 0 aliphatic heterocycles. The summed E-state index contributed by atoms with van der Waals surface area (Å²) in [6.45, 7) is 2.31. The maximum atomic E-state index is 9.82. The second-order valence-electron chi connectivity index (χ2n) is 4.40. The molecule has 0 aliphatic rings. The predicted molar refractivity (Wildman–Crippen MR) is 80.7 cm³/mol. The molecule has 0 amide bonds. The normalized spacial score (nSPS) is 12.3. The molecule has 1 aromatic heterocycles. The van der Waals surface area contributed by atoms with Crippen molar-refractivity contribution >= 4 is 15.9 Å². The molecule has 0 radical (unpaired) electrons. The summed E-state index contributed by atoms with van der Waals surface area (Å²) < 4.78 is 8.32. The zero-order chi connectivity index (χ0) is 14.2. The van der Waals surface area contributed by atoms with Crippen LogP contribution in [0.3, 0.4) is 0 Å². The summed E-state index contributed by atoms with van der Waals surface area (Å²) in [5.74, 6) is 0.745. The Balaban J connectivity index is 1.59. The Labute approximate surface area is 126 Å². The Hall–Kier alpha value is -1.37. The molecule has 1 heterocycles. The van der Waals surface area contributed by atoms with Crippen LogP contribution in [-0.4, -0.2) is 40.7 Å². The molecule has 0 saturated carbocycles. The van der Waals surface area contributed by atoms with Crippen molar-refractivity contribution in [2.45, 2.75) is 12.6 Å². The smallest absolute Gasteiger partial charge is 0.120 e. The number of aromatic nitrogens is 2. The molecule has 0 aliphatic carbocycles. The van der Waals surface area contributed by atoms with Crippen molar-refractivity contribution < 1.29 is 9.84 Å². The summed E-state index contributed by atoms with van der Waals surface area (Å²) in [7, 11) is 0. The molecule has 1 atom stereocenters. The van der Waals surface area contributed by atoms with E-state index in [1.807, 2.05) is 41.2 Å². The zero-order valence-electron chi connectivity index (χ0n) is 11.1. The van der Waals surface area contributed by atoms with Crippen LogP contribution in [0.25, 0.3) is 0 Å². The SMILES string of the molecule is OC(CNCCn1cccn1)COc1cccc(Br)c1. The topological polar surface area (TPSA) is 59.3 Å². The Bertz CT molecular complexity index is 505. The molecule has 0 bridgehead atoms. The van der Waals surface area contributed by atoms with Gasteiger partial charge in [0.2, 0.25) is 0 Å². The lowest BCUT2D eigenvalue weighted by Gasteiger charge is -2.13. The van der Waals surface area contributed by atoms with Crippen molar-refractivity contribution in [1.29, 1.82) is 0 Å². The first kappa shape index (κ1) is 15.0. The van der Waals surface area contributed by atoms with Crippen LogP contribution in [0.5, 0.6) is 5.75 Å². The molecule has 2 aromatic rings. The number of nitrogens with one attached hydrogen (secondary N) is 1. The van der Waals surface area contributed by atoms with Gasteiger partial charge in [0, 0.05) is 30.0 Å². The van der Waals surface area contributed by atoms with E-state index in [1.165, 1.54) is 0 Å². The predicted octanol–water partition coefficient (Wildman–Crippen LogP) is 1.68. The van der Waals surface area contributed by atoms with Gasteiger partial charge in [-0.25, -0.2) is 0 Å². The number of benzene rings is 1. The first-order valence-electron chi connectivity index (χ1n) is 6.48. The lowest BCUT2D eigenvalue weighted by Crippen LogP contribution is -2.33. The highest BCUT2D eigenvalue weighted by molar-refractivity contribution is 9.10. The van der Waals surface area contributed by atoms with Gasteiger partial charge in [-0.05, 0) is 24.3 Å². The second-order valence-corrected chi connectivity index (χ2v) is 5.31. The fraction of sp³-hybridized carbons (Fsp3) is 0.357. The molecular formula is C14H18BrN3O2. The van der Waals surface area contributed by atoms with Gasteiger partial charge in [0.15, 0.2) is 0 Å². The van der Waals surface area contributed by atoms with Gasteiger partial charge in [0.25, 0.3) is 0 Å². The van der Waals surface area contributed by atoms with Crippen molar-refractivity contribution in [3.05, 3.63) is 47.2 Å². The third kappa shape index (κ3) is 5.32. The van der Waals surface area contributed by atoms with Crippen LogP contribution in [-0.2, 0) is 6.54 Å². The summed E-state index contributed by atoms with van der Waals surface area (Å²) in [5, 5.41) is 17.1. The minimum atomic E-state index is -0.536. The van der Waals surface area contributed by atoms with Gasteiger partial charge in [-0.3, -0.25) is 4.68 Å². The van der Waals surface area contributed by atoms with Crippen LogP contribution in [0.15, 0.2) is 47.2 Å². The van der Waals surface area contributed by atoms with E-state index in [2.05, 4.69) is 26.3 Å². The largest absolute Gasteiger partial charge is 0.491 e. The minimum Gasteiger partial charge on any atom is -0.491 e. The molecule has 108 valence electrons. The number of aliphatic hydroxyl groups is 1. The van der Waals surface area contributed by atoms with Gasteiger partial charge in [-0.15, -0.1) is 0 Å². The van der Waals surface area contributed by atoms with Gasteiger partial charge >= 0.3 is 0 Å². The molecule has 2 N–H and O–H groups in total. The monoisotopic (exact) mass is 339 g/mol. The molecule has 0 spiro atoms. The molecule has 1 aromatic carbocycles. The number of aliphatic hydroxyl groups excluding tert-OH is 1. The van der Waals surface area contributed by atoms with E-state index < -0.39 is 6.10 Å². The van der Waals surface area contributed by atoms with Crippen LogP contribution >= 0.6 is 15.9 Å². The van der Waals surface area contributed by atoms with E-state index in [4.69, 9.17) is 4.74 Å². The maximum Gasteiger partial charge on any atom is 0.120 e. The zero-order valence-corrected chi connectivity index (χ0v) is 12.7. The molecule has 2 rings (SSSR count). The van der Waals surface area contributed by atoms with Crippen LogP contribution in [0.1, 0.15) is 0 Å². The highest BCUT2D eigenvalue weighted by Crippen LogP contribution is 2.17. The molecule has 5 nitrogen and oxygen atoms in total. The Morgan fingerprint density at radius 1 is 1.40 bits per heavy atom. The number of ether oxygens (including phenoxy) is 1. The van der Waals surface area contributed by atoms with Crippen molar-refractivity contribution in [3.63, 3.8) is 0 Å². The molecule has 20 heavy (non-hydrogen) atoms. The summed E-state index contributed by atoms with van der Waals surface area (Å²) in [5.41, 5.74) is 0. The molecular weight excluding hydrogens is 322 g/mol. The average Bonchev–Trinajstić information content (AvgIpc) is 2.95. The van der Waals surface area contributed by atoms with Gasteiger partial charge < -0.3 is 15.2 Å². The fourth-order valence-corrected chi connectivity index (χ4v) is 2.08. The van der Waals surface area contributed by atoms with Gasteiger partial charge in [0.1, 0.15) is 18.5 Å². The first-order valence-corrected chi connectivity index (χ1v) is 7.28. The van der Waals surface area contributed by atoms with Gasteiger partial charge in [0.05, 0.1) is 6.54 Å². The van der Waals surface area contributed by atoms with E-state index in [0.29, 0.717) is 6.54 Å². The molecule has 0 fully saturated rings. The minimum absolute atomic E-state index is 0.269. The van der Waals surface area contributed by atoms with Crippen molar-refractivity contribution in [3.8, 4) is 5.75 Å². The van der Waals surface area contributed by atoms with Gasteiger partial charge in [-0.1, -0.05) is 22.0 Å². The standard InChI is InChI=1S/C14H18BrN3O2/c15-12-3-1-4-14(9-12)20-11-13(19)10-16-6-8-18-7-2-5-17-18/h1-5,7,9,13,16,19H,6,8,10-11H2. The van der Waals surface area contributed by atoms with Crippen LogP contribution in [0, 0.1) is 0 Å². The maximum absolute atomic E-state index is 9.82. The van der Waals surface area contributed by atoms with Crippen LogP contribution in [0.2, 0.25) is 0 Å². The van der Waals surface area contributed by atoms with Crippen molar-refractivity contribution in [2.24, 2.45) is 0 Å². The van der Waals surface area contributed by atoms with Crippen molar-refractivity contribution in [1.82, 2.24) is 15.1 Å². The highest BCUT2D eigenvalue weighted by Gasteiger charge is 2.05. The molecule has 0 saturated heterocycles. The van der Waals surface area contributed by atoms with E-state index in [0.717, 1.165) is 23.3 Å². The van der Waals surface area contributed by atoms with Crippen LogP contribution < -0.4 is 10.1 Å². The quantitative estimate of drug-likeness (QED) is 0.718. The van der Waals surface area contributed by atoms with E-state index in [1.54, 1.807) is 6.20 Å². The summed E-state index contributed by atoms with van der Waals surface area (Å²) in [4.78, 5) is 0.